The van der Waals surface area contributed by atoms with Crippen molar-refractivity contribution in [2.75, 3.05) is 32.5 Å². The fourth-order valence-electron chi connectivity index (χ4n) is 2.16. The number of morpholine rings is 1. The molecule has 1 heterocycles. The largest absolute Gasteiger partial charge is 0.398 e. The van der Waals surface area contributed by atoms with E-state index in [1.165, 1.54) is 19.2 Å². The Labute approximate surface area is 128 Å². The third-order valence-corrected chi connectivity index (χ3v) is 5.65. The molecule has 0 aromatic heterocycles. The van der Waals surface area contributed by atoms with Crippen molar-refractivity contribution >= 4 is 33.2 Å². The monoisotopic (exact) mass is 333 g/mol. The summed E-state index contributed by atoms with van der Waals surface area (Å²) in [7, 11) is -2.56. The number of nitrogens with one attached hydrogen (secondary N) is 1. The summed E-state index contributed by atoms with van der Waals surface area (Å²) < 4.78 is 31.8. The lowest BCUT2D eigenvalue weighted by Crippen LogP contribution is -2.55. The molecule has 1 unspecified atom stereocenters. The molecule has 9 heteroatoms. The van der Waals surface area contributed by atoms with E-state index in [-0.39, 0.29) is 35.4 Å². The van der Waals surface area contributed by atoms with Crippen LogP contribution in [0.25, 0.3) is 0 Å². The third kappa shape index (κ3) is 2.98. The summed E-state index contributed by atoms with van der Waals surface area (Å²) in [6, 6.07) is 3.52. The van der Waals surface area contributed by atoms with E-state index in [1.54, 1.807) is 6.07 Å². The van der Waals surface area contributed by atoms with Gasteiger partial charge in [-0.05, 0) is 12.1 Å². The van der Waals surface area contributed by atoms with Crippen molar-refractivity contribution in [3.8, 4) is 0 Å². The number of rotatable bonds is 3. The fraction of sp³-hybridized carbons (Fsp3) is 0.417. The molecule has 3 N–H and O–H groups in total. The predicted octanol–water partition coefficient (Wildman–Crippen LogP) is 0.0577. The maximum atomic E-state index is 12.8. The zero-order valence-corrected chi connectivity index (χ0v) is 12.9. The van der Waals surface area contributed by atoms with Crippen molar-refractivity contribution < 1.29 is 17.9 Å². The van der Waals surface area contributed by atoms with Crippen molar-refractivity contribution in [2.45, 2.75) is 10.9 Å². The first kappa shape index (κ1) is 16.0. The quantitative estimate of drug-likeness (QED) is 0.761. The highest BCUT2D eigenvalue weighted by Gasteiger charge is 2.39. The van der Waals surface area contributed by atoms with E-state index in [0.717, 1.165) is 4.31 Å². The van der Waals surface area contributed by atoms with Crippen molar-refractivity contribution in [1.82, 2.24) is 9.62 Å². The summed E-state index contributed by atoms with van der Waals surface area (Å²) in [6.07, 6.45) is 0. The van der Waals surface area contributed by atoms with Crippen LogP contribution in [0.1, 0.15) is 0 Å². The molecule has 0 spiro atoms. The minimum Gasteiger partial charge on any atom is -0.398 e. The van der Waals surface area contributed by atoms with Crippen molar-refractivity contribution in [1.29, 1.82) is 0 Å². The van der Waals surface area contributed by atoms with Crippen LogP contribution in [0.4, 0.5) is 5.69 Å². The smallest absolute Gasteiger partial charge is 0.247 e. The van der Waals surface area contributed by atoms with E-state index in [9.17, 15) is 13.2 Å². The zero-order chi connectivity index (χ0) is 15.6. The van der Waals surface area contributed by atoms with E-state index in [1.807, 2.05) is 0 Å². The minimum atomic E-state index is -3.99. The highest BCUT2D eigenvalue weighted by molar-refractivity contribution is 7.89. The number of sulfonamides is 1. The molecule has 0 radical (unpaired) electrons. The molecule has 7 nitrogen and oxygen atoms in total. The lowest BCUT2D eigenvalue weighted by molar-refractivity contribution is -0.128. The summed E-state index contributed by atoms with van der Waals surface area (Å²) in [5.41, 5.74) is 5.79. The van der Waals surface area contributed by atoms with Crippen LogP contribution in [-0.4, -0.2) is 51.5 Å². The van der Waals surface area contributed by atoms with Gasteiger partial charge in [0, 0.05) is 13.6 Å². The number of nitrogens with two attached hydrogens (primary N) is 1. The van der Waals surface area contributed by atoms with Gasteiger partial charge in [-0.2, -0.15) is 4.31 Å². The maximum Gasteiger partial charge on any atom is 0.247 e. The zero-order valence-electron chi connectivity index (χ0n) is 11.4. The Morgan fingerprint density at radius 2 is 2.24 bits per heavy atom. The van der Waals surface area contributed by atoms with Crippen molar-refractivity contribution in [3.05, 3.63) is 23.2 Å². The second-order valence-corrected chi connectivity index (χ2v) is 6.71. The lowest BCUT2D eigenvalue weighted by atomic mass is 10.2. The van der Waals surface area contributed by atoms with Gasteiger partial charge < -0.3 is 15.8 Å². The highest BCUT2D eigenvalue weighted by Crippen LogP contribution is 2.31. The number of carbonyl (C=O) groups is 1. The molecule has 21 heavy (non-hydrogen) atoms. The highest BCUT2D eigenvalue weighted by atomic mass is 35.5. The number of halogens is 1. The summed E-state index contributed by atoms with van der Waals surface area (Å²) in [4.78, 5) is 11.7. The van der Waals surface area contributed by atoms with Crippen LogP contribution in [-0.2, 0) is 19.6 Å². The number of benzene rings is 1. The number of anilines is 1. The van der Waals surface area contributed by atoms with Crippen LogP contribution in [0.5, 0.6) is 0 Å². The lowest BCUT2D eigenvalue weighted by Gasteiger charge is -2.33. The van der Waals surface area contributed by atoms with Crippen LogP contribution in [0, 0.1) is 0 Å². The molecule has 2 rings (SSSR count). The number of nitrogen functional groups attached to an aromatic ring is 1. The molecule has 0 saturated carbocycles. The first-order valence-corrected chi connectivity index (χ1v) is 8.06. The third-order valence-electron chi connectivity index (χ3n) is 3.19. The SMILES string of the molecule is CNC(=O)C1COCCN1S(=O)(=O)c1c(N)cccc1Cl. The van der Waals surface area contributed by atoms with Gasteiger partial charge in [0.15, 0.2) is 0 Å². The molecule has 1 aliphatic heterocycles. The minimum absolute atomic E-state index is 0.0107. The van der Waals surface area contributed by atoms with Crippen LogP contribution in [0.2, 0.25) is 5.02 Å². The Kier molecular flexibility index (Phi) is 4.72. The molecule has 116 valence electrons. The van der Waals surface area contributed by atoms with E-state index in [4.69, 9.17) is 22.1 Å². The van der Waals surface area contributed by atoms with Gasteiger partial charge in [0.25, 0.3) is 0 Å². The fourth-order valence-corrected chi connectivity index (χ4v) is 4.36. The molecule has 0 bridgehead atoms. The second kappa shape index (κ2) is 6.18. The predicted molar refractivity (Wildman–Crippen MR) is 78.4 cm³/mol. The van der Waals surface area contributed by atoms with E-state index < -0.39 is 22.0 Å². The average molecular weight is 334 g/mol. The van der Waals surface area contributed by atoms with Gasteiger partial charge in [0.05, 0.1) is 23.9 Å². The van der Waals surface area contributed by atoms with Crippen LogP contribution in [0.3, 0.4) is 0 Å². The van der Waals surface area contributed by atoms with Gasteiger partial charge in [-0.3, -0.25) is 4.79 Å². The van der Waals surface area contributed by atoms with E-state index in [0.29, 0.717) is 0 Å². The number of carbonyl (C=O) groups excluding carboxylic acids is 1. The number of amides is 1. The maximum absolute atomic E-state index is 12.8. The number of likely N-dealkylation sites (N-methyl/N-ethyl adjacent to an activating group) is 1. The Balaban J connectivity index is 2.48. The molecular weight excluding hydrogens is 318 g/mol. The van der Waals surface area contributed by atoms with E-state index in [2.05, 4.69) is 5.32 Å². The van der Waals surface area contributed by atoms with Gasteiger partial charge in [-0.25, -0.2) is 8.42 Å². The van der Waals surface area contributed by atoms with Crippen LogP contribution < -0.4 is 11.1 Å². The molecule has 0 aliphatic carbocycles. The molecule has 1 aromatic carbocycles. The molecule has 1 atom stereocenters. The molecule has 1 aromatic rings. The van der Waals surface area contributed by atoms with Crippen molar-refractivity contribution in [2.24, 2.45) is 0 Å². The Hall–Kier alpha value is -1.35. The Morgan fingerprint density at radius 1 is 1.52 bits per heavy atom. The Bertz CT molecular complexity index is 630. The van der Waals surface area contributed by atoms with Gasteiger partial charge in [-0.15, -0.1) is 0 Å². The molecular formula is C12H16ClN3O4S. The topological polar surface area (TPSA) is 102 Å². The summed E-state index contributed by atoms with van der Waals surface area (Å²) in [5, 5.41) is 2.45. The second-order valence-electron chi connectivity index (χ2n) is 4.48. The summed E-state index contributed by atoms with van der Waals surface area (Å²) >= 11 is 5.98. The van der Waals surface area contributed by atoms with Gasteiger partial charge in [-0.1, -0.05) is 17.7 Å². The standard InChI is InChI=1S/C12H16ClN3O4S/c1-15-12(17)10-7-20-6-5-16(10)21(18,19)11-8(13)3-2-4-9(11)14/h2-4,10H,5-7,14H2,1H3,(H,15,17). The average Bonchev–Trinajstić information content (AvgIpc) is 2.46. The van der Waals surface area contributed by atoms with Gasteiger partial charge in [0.1, 0.15) is 10.9 Å². The molecule has 1 saturated heterocycles. The molecule has 1 fully saturated rings. The molecule has 1 aliphatic rings. The summed E-state index contributed by atoms with van der Waals surface area (Å²) in [6.45, 7) is 0.255. The normalized spacial score (nSPS) is 20.2. The number of hydrogen-bond acceptors (Lipinski definition) is 5. The Morgan fingerprint density at radius 3 is 2.86 bits per heavy atom. The van der Waals surface area contributed by atoms with E-state index >= 15 is 0 Å². The van der Waals surface area contributed by atoms with Gasteiger partial charge in [0.2, 0.25) is 15.9 Å². The first-order chi connectivity index (χ1) is 9.89. The van der Waals surface area contributed by atoms with Crippen LogP contribution >= 0.6 is 11.6 Å². The summed E-state index contributed by atoms with van der Waals surface area (Å²) in [5.74, 6) is -0.441. The number of hydrogen-bond donors (Lipinski definition) is 2. The first-order valence-electron chi connectivity index (χ1n) is 6.24. The number of nitrogens with zero attached hydrogens (tertiary/aromatic N) is 1. The van der Waals surface area contributed by atoms with Gasteiger partial charge >= 0.3 is 0 Å². The molecule has 1 amide bonds. The van der Waals surface area contributed by atoms with Crippen molar-refractivity contribution in [3.63, 3.8) is 0 Å². The van der Waals surface area contributed by atoms with Crippen LogP contribution in [0.15, 0.2) is 23.1 Å². The number of ether oxygens (including phenoxy) is 1.